The molecule has 0 aromatic rings. The van der Waals surface area contributed by atoms with E-state index in [-0.39, 0.29) is 29.5 Å². The molecule has 2 N–H and O–H groups in total. The maximum atomic E-state index is 11.9. The van der Waals surface area contributed by atoms with Gasteiger partial charge in [0.15, 0.2) is 6.29 Å². The third kappa shape index (κ3) is 3.95. The Morgan fingerprint density at radius 3 is 2.44 bits per heavy atom. The van der Waals surface area contributed by atoms with Crippen molar-refractivity contribution in [1.82, 2.24) is 0 Å². The van der Waals surface area contributed by atoms with Crippen LogP contribution in [0.25, 0.3) is 0 Å². The zero-order chi connectivity index (χ0) is 26.1. The van der Waals surface area contributed by atoms with Crippen LogP contribution >= 0.6 is 0 Å². The molecule has 0 aromatic carbocycles. The molecular weight excluding hydrogens is 460 g/mol. The number of allylic oxidation sites excluding steroid dienone is 1. The monoisotopic (exact) mass is 506 g/mol. The maximum absolute atomic E-state index is 11.9. The molecule has 1 saturated heterocycles. The molecule has 5 aliphatic rings. The summed E-state index contributed by atoms with van der Waals surface area (Å²) in [6.07, 6.45) is 6.82. The summed E-state index contributed by atoms with van der Waals surface area (Å²) in [5, 5.41) is 23.3. The van der Waals surface area contributed by atoms with Crippen LogP contribution in [0.15, 0.2) is 12.2 Å². The van der Waals surface area contributed by atoms with Crippen LogP contribution in [0.3, 0.4) is 0 Å². The number of rotatable bonds is 3. The molecule has 10 atom stereocenters. The molecule has 1 aliphatic heterocycles. The minimum Gasteiger partial charge on any atom is -0.438 e. The predicted octanol–water partition coefficient (Wildman–Crippen LogP) is 4.69. The fraction of sp³-hybridized carbons (Fsp3) is 0.897. The van der Waals surface area contributed by atoms with E-state index in [1.807, 2.05) is 6.08 Å². The second kappa shape index (κ2) is 8.96. The molecule has 4 fully saturated rings. The summed E-state index contributed by atoms with van der Waals surface area (Å²) in [5.74, 6) is 1.83. The van der Waals surface area contributed by atoms with E-state index in [0.29, 0.717) is 30.1 Å². The Hall–Kier alpha value is -1.15. The normalized spacial score (nSPS) is 48.9. The Labute approximate surface area is 215 Å². The quantitative estimate of drug-likeness (QED) is 0.423. The molecule has 1 unspecified atom stereocenters. The summed E-state index contributed by atoms with van der Waals surface area (Å²) in [7, 11) is 1.27. The van der Waals surface area contributed by atoms with Crippen molar-refractivity contribution >= 4 is 6.16 Å². The molecule has 4 aliphatic carbocycles. The van der Waals surface area contributed by atoms with Gasteiger partial charge in [-0.05, 0) is 54.8 Å². The third-order valence-corrected chi connectivity index (χ3v) is 11.2. The van der Waals surface area contributed by atoms with Crippen LogP contribution in [0, 0.1) is 45.8 Å². The second-order valence-corrected chi connectivity index (χ2v) is 13.7. The van der Waals surface area contributed by atoms with E-state index in [1.54, 1.807) is 0 Å². The number of hydrogen-bond donors (Lipinski definition) is 2. The summed E-state index contributed by atoms with van der Waals surface area (Å²) in [5.41, 5.74) is -1.67. The lowest BCUT2D eigenvalue weighted by Gasteiger charge is -2.63. The highest BCUT2D eigenvalue weighted by Crippen LogP contribution is 2.68. The molecule has 0 amide bonds. The average Bonchev–Trinajstić information content (AvgIpc) is 3.17. The van der Waals surface area contributed by atoms with Gasteiger partial charge >= 0.3 is 6.16 Å². The highest BCUT2D eigenvalue weighted by Gasteiger charge is 2.66. The number of carbonyl (C=O) groups is 1. The van der Waals surface area contributed by atoms with Gasteiger partial charge in [0, 0.05) is 29.6 Å². The van der Waals surface area contributed by atoms with E-state index in [9.17, 15) is 15.0 Å². The molecule has 0 bridgehead atoms. The van der Waals surface area contributed by atoms with E-state index in [1.165, 1.54) is 7.11 Å². The van der Waals surface area contributed by atoms with Crippen LogP contribution in [-0.4, -0.2) is 60.8 Å². The number of fused-ring (bicyclic) bond motifs is 5. The van der Waals surface area contributed by atoms with Gasteiger partial charge < -0.3 is 29.2 Å². The Kier molecular flexibility index (Phi) is 6.58. The second-order valence-electron chi connectivity index (χ2n) is 13.7. The Morgan fingerprint density at radius 2 is 1.78 bits per heavy atom. The van der Waals surface area contributed by atoms with E-state index in [2.05, 4.69) is 45.4 Å². The molecule has 0 aromatic heterocycles. The number of methoxy groups -OCH3 is 1. The third-order valence-electron chi connectivity index (χ3n) is 11.2. The molecule has 5 rings (SSSR count). The highest BCUT2D eigenvalue weighted by molar-refractivity contribution is 5.59. The van der Waals surface area contributed by atoms with Crippen molar-refractivity contribution in [3.05, 3.63) is 12.2 Å². The number of hydrogen-bond acceptors (Lipinski definition) is 7. The van der Waals surface area contributed by atoms with Crippen molar-refractivity contribution in [2.75, 3.05) is 20.3 Å². The van der Waals surface area contributed by atoms with E-state index >= 15 is 0 Å². The molecule has 0 spiro atoms. The van der Waals surface area contributed by atoms with Gasteiger partial charge in [-0.25, -0.2) is 4.79 Å². The zero-order valence-corrected chi connectivity index (χ0v) is 22.9. The van der Waals surface area contributed by atoms with Gasteiger partial charge in [0.2, 0.25) is 0 Å². The first kappa shape index (κ1) is 26.5. The Morgan fingerprint density at radius 1 is 1.08 bits per heavy atom. The predicted molar refractivity (Wildman–Crippen MR) is 134 cm³/mol. The topological polar surface area (TPSA) is 94.5 Å². The standard InChI is InChI=1S/C29H46O7/c1-17(24-34-15-26(2,3)16-35-24)20-7-8-21-19-9-12-29(32)14-18(36-25(31)33-6)13-23(30)28(29,5)22(19)10-11-27(20,21)4/h9,12,17-24,30,32H,7-8,10-11,13-16H2,1-6H3/t17?,18-,19-,20+,21-,22-,23-,27+,28-,29+/m0/s1. The molecule has 1 heterocycles. The molecule has 7 heteroatoms. The van der Waals surface area contributed by atoms with E-state index < -0.39 is 29.4 Å². The van der Waals surface area contributed by atoms with Crippen LogP contribution in [0.5, 0.6) is 0 Å². The lowest BCUT2D eigenvalue weighted by molar-refractivity contribution is -0.254. The molecular formula is C29H46O7. The fourth-order valence-corrected chi connectivity index (χ4v) is 9.06. The fourth-order valence-electron chi connectivity index (χ4n) is 9.06. The lowest BCUT2D eigenvalue weighted by Crippen LogP contribution is -2.66. The Balaban J connectivity index is 1.36. The van der Waals surface area contributed by atoms with Crippen molar-refractivity contribution in [2.45, 2.75) is 97.2 Å². The summed E-state index contributed by atoms with van der Waals surface area (Å²) in [6, 6.07) is 0. The van der Waals surface area contributed by atoms with Crippen LogP contribution < -0.4 is 0 Å². The minimum absolute atomic E-state index is 0.0667. The van der Waals surface area contributed by atoms with E-state index in [4.69, 9.17) is 14.2 Å². The van der Waals surface area contributed by atoms with Crippen molar-refractivity contribution in [1.29, 1.82) is 0 Å². The van der Waals surface area contributed by atoms with Crippen molar-refractivity contribution in [3.63, 3.8) is 0 Å². The number of ether oxygens (including phenoxy) is 4. The first-order valence-electron chi connectivity index (χ1n) is 13.9. The summed E-state index contributed by atoms with van der Waals surface area (Å²) < 4.78 is 22.4. The van der Waals surface area contributed by atoms with Crippen LogP contribution in [0.2, 0.25) is 0 Å². The molecule has 36 heavy (non-hydrogen) atoms. The van der Waals surface area contributed by atoms with Gasteiger partial charge in [0.1, 0.15) is 6.10 Å². The molecule has 3 saturated carbocycles. The number of aliphatic hydroxyl groups is 2. The lowest BCUT2D eigenvalue weighted by atomic mass is 9.44. The highest BCUT2D eigenvalue weighted by atomic mass is 16.7. The Bertz CT molecular complexity index is 877. The van der Waals surface area contributed by atoms with Gasteiger partial charge in [-0.15, -0.1) is 0 Å². The van der Waals surface area contributed by atoms with E-state index in [0.717, 1.165) is 38.9 Å². The number of carbonyl (C=O) groups excluding carboxylic acids is 1. The number of aliphatic hydroxyl groups excluding tert-OH is 1. The van der Waals surface area contributed by atoms with Gasteiger partial charge in [-0.3, -0.25) is 0 Å². The van der Waals surface area contributed by atoms with Crippen molar-refractivity contribution < 1.29 is 34.0 Å². The zero-order valence-electron chi connectivity index (χ0n) is 22.9. The molecule has 204 valence electrons. The molecule has 0 radical (unpaired) electrons. The first-order chi connectivity index (χ1) is 16.8. The first-order valence-corrected chi connectivity index (χ1v) is 13.9. The maximum Gasteiger partial charge on any atom is 0.508 e. The minimum atomic E-state index is -1.22. The smallest absolute Gasteiger partial charge is 0.438 e. The summed E-state index contributed by atoms with van der Waals surface area (Å²) in [6.45, 7) is 12.7. The van der Waals surface area contributed by atoms with Crippen molar-refractivity contribution in [3.8, 4) is 0 Å². The van der Waals surface area contributed by atoms with Gasteiger partial charge in [-0.1, -0.05) is 46.8 Å². The average molecular weight is 507 g/mol. The van der Waals surface area contributed by atoms with Crippen LogP contribution in [0.4, 0.5) is 4.79 Å². The van der Waals surface area contributed by atoms with Crippen LogP contribution in [-0.2, 0) is 18.9 Å². The largest absolute Gasteiger partial charge is 0.508 e. The summed E-state index contributed by atoms with van der Waals surface area (Å²) >= 11 is 0. The van der Waals surface area contributed by atoms with Crippen LogP contribution in [0.1, 0.15) is 73.1 Å². The summed E-state index contributed by atoms with van der Waals surface area (Å²) in [4.78, 5) is 11.7. The van der Waals surface area contributed by atoms with Gasteiger partial charge in [-0.2, -0.15) is 0 Å². The SMILES string of the molecule is COC(=O)O[C@H]1C[C@H](O)[C@]2(C)[C@H]3CC[C@]4(C)[C@@H](C(C)C5OCC(C)(C)CO5)CC[C@H]4[C@@H]3C=C[C@@]2(O)C1. The van der Waals surface area contributed by atoms with Crippen molar-refractivity contribution in [2.24, 2.45) is 45.8 Å². The van der Waals surface area contributed by atoms with Gasteiger partial charge in [0.25, 0.3) is 0 Å². The molecule has 7 nitrogen and oxygen atoms in total. The van der Waals surface area contributed by atoms with Gasteiger partial charge in [0.05, 0.1) is 32.0 Å².